The molecule has 1 atom stereocenters. The van der Waals surface area contributed by atoms with Crippen molar-refractivity contribution < 1.29 is 14.4 Å². The Morgan fingerprint density at radius 3 is 2.54 bits per heavy atom. The van der Waals surface area contributed by atoms with Gasteiger partial charge in [-0.05, 0) is 30.7 Å². The Morgan fingerprint density at radius 1 is 1.14 bits per heavy atom. The maximum absolute atomic E-state index is 12.6. The van der Waals surface area contributed by atoms with Gasteiger partial charge in [0, 0.05) is 44.9 Å². The summed E-state index contributed by atoms with van der Waals surface area (Å²) < 4.78 is 0. The molecule has 1 fully saturated rings. The number of benzene rings is 2. The number of hydrogen-bond donors (Lipinski definition) is 1. The lowest BCUT2D eigenvalue weighted by Crippen LogP contribution is -2.28. The molecule has 28 heavy (non-hydrogen) atoms. The van der Waals surface area contributed by atoms with E-state index in [1.165, 1.54) is 10.5 Å². The Hall–Kier alpha value is -3.15. The van der Waals surface area contributed by atoms with Gasteiger partial charge in [0.15, 0.2) is 0 Å². The average molecular weight is 379 g/mol. The summed E-state index contributed by atoms with van der Waals surface area (Å²) in [5.41, 5.74) is 3.28. The van der Waals surface area contributed by atoms with E-state index >= 15 is 0 Å². The van der Waals surface area contributed by atoms with Crippen LogP contribution in [0, 0.1) is 12.8 Å². The number of nitrogens with zero attached hydrogens (tertiary/aromatic N) is 2. The minimum Gasteiger partial charge on any atom is -0.345 e. The van der Waals surface area contributed by atoms with Gasteiger partial charge in [0.1, 0.15) is 0 Å². The molecule has 3 amide bonds. The van der Waals surface area contributed by atoms with Crippen LogP contribution >= 0.6 is 0 Å². The normalized spacial score (nSPS) is 16.2. The van der Waals surface area contributed by atoms with Crippen LogP contribution in [-0.2, 0) is 16.1 Å². The van der Waals surface area contributed by atoms with Crippen LogP contribution in [0.25, 0.3) is 0 Å². The van der Waals surface area contributed by atoms with Crippen molar-refractivity contribution in [1.82, 2.24) is 9.80 Å². The molecule has 146 valence electrons. The van der Waals surface area contributed by atoms with Crippen molar-refractivity contribution in [1.29, 1.82) is 0 Å². The third-order valence-electron chi connectivity index (χ3n) is 4.86. The van der Waals surface area contributed by atoms with Crippen LogP contribution in [0.1, 0.15) is 27.9 Å². The fourth-order valence-electron chi connectivity index (χ4n) is 3.25. The largest absolute Gasteiger partial charge is 0.345 e. The lowest BCUT2D eigenvalue weighted by atomic mass is 10.1. The van der Waals surface area contributed by atoms with Crippen molar-refractivity contribution >= 4 is 23.4 Å². The van der Waals surface area contributed by atoms with E-state index in [1.54, 1.807) is 43.3 Å². The Morgan fingerprint density at radius 2 is 1.86 bits per heavy atom. The number of hydrogen-bond acceptors (Lipinski definition) is 3. The predicted molar refractivity (Wildman–Crippen MR) is 108 cm³/mol. The van der Waals surface area contributed by atoms with Crippen molar-refractivity contribution in [3.05, 3.63) is 65.2 Å². The zero-order chi connectivity index (χ0) is 20.3. The van der Waals surface area contributed by atoms with Gasteiger partial charge >= 0.3 is 0 Å². The minimum absolute atomic E-state index is 0.0164. The van der Waals surface area contributed by atoms with Crippen molar-refractivity contribution in [2.45, 2.75) is 19.9 Å². The van der Waals surface area contributed by atoms with Crippen LogP contribution in [0.2, 0.25) is 0 Å². The van der Waals surface area contributed by atoms with Gasteiger partial charge in [-0.1, -0.05) is 35.9 Å². The second-order valence-electron chi connectivity index (χ2n) is 7.43. The Balaban J connectivity index is 1.62. The molecule has 1 saturated heterocycles. The topological polar surface area (TPSA) is 69.7 Å². The number of rotatable bonds is 5. The minimum atomic E-state index is -0.397. The standard InChI is InChI=1S/C22H25N3O3/c1-15-7-9-16(10-8-15)13-25-14-18(12-20(25)26)21(27)23-19-6-4-5-17(11-19)22(28)24(2)3/h4-11,18H,12-14H2,1-3H3,(H,23,27). The Labute approximate surface area is 165 Å². The fraction of sp³-hybridized carbons (Fsp3) is 0.318. The molecule has 1 unspecified atom stereocenters. The second-order valence-corrected chi connectivity index (χ2v) is 7.43. The smallest absolute Gasteiger partial charge is 0.253 e. The van der Waals surface area contributed by atoms with Crippen LogP contribution in [0.3, 0.4) is 0 Å². The van der Waals surface area contributed by atoms with Gasteiger partial charge in [-0.3, -0.25) is 14.4 Å². The van der Waals surface area contributed by atoms with E-state index in [0.29, 0.717) is 24.3 Å². The van der Waals surface area contributed by atoms with Crippen molar-refractivity contribution in [2.24, 2.45) is 5.92 Å². The number of carbonyl (C=O) groups is 3. The first kappa shape index (κ1) is 19.6. The molecule has 1 aliphatic heterocycles. The van der Waals surface area contributed by atoms with Crippen molar-refractivity contribution in [2.75, 3.05) is 26.0 Å². The summed E-state index contributed by atoms with van der Waals surface area (Å²) in [5.74, 6) is -0.742. The summed E-state index contributed by atoms with van der Waals surface area (Å²) in [4.78, 5) is 40.2. The first-order valence-electron chi connectivity index (χ1n) is 9.29. The van der Waals surface area contributed by atoms with Crippen LogP contribution in [0.15, 0.2) is 48.5 Å². The summed E-state index contributed by atoms with van der Waals surface area (Å²) in [6.45, 7) is 2.93. The lowest BCUT2D eigenvalue weighted by Gasteiger charge is -2.17. The van der Waals surface area contributed by atoms with E-state index in [2.05, 4.69) is 5.32 Å². The van der Waals surface area contributed by atoms with E-state index < -0.39 is 5.92 Å². The number of nitrogens with one attached hydrogen (secondary N) is 1. The van der Waals surface area contributed by atoms with E-state index in [9.17, 15) is 14.4 Å². The Kier molecular flexibility index (Phi) is 5.78. The molecule has 1 aliphatic rings. The number of carbonyl (C=O) groups excluding carboxylic acids is 3. The van der Waals surface area contributed by atoms with E-state index in [4.69, 9.17) is 0 Å². The highest BCUT2D eigenvalue weighted by Gasteiger charge is 2.34. The first-order valence-corrected chi connectivity index (χ1v) is 9.29. The molecular weight excluding hydrogens is 354 g/mol. The van der Waals surface area contributed by atoms with Crippen LogP contribution in [0.5, 0.6) is 0 Å². The quantitative estimate of drug-likeness (QED) is 0.868. The third kappa shape index (κ3) is 4.57. The van der Waals surface area contributed by atoms with Gasteiger partial charge in [0.2, 0.25) is 11.8 Å². The second kappa shape index (κ2) is 8.25. The number of likely N-dealkylation sites (tertiary alicyclic amines) is 1. The molecule has 6 heteroatoms. The van der Waals surface area contributed by atoms with Gasteiger partial charge < -0.3 is 15.1 Å². The fourth-order valence-corrected chi connectivity index (χ4v) is 3.25. The van der Waals surface area contributed by atoms with Crippen LogP contribution in [-0.4, -0.2) is 48.2 Å². The average Bonchev–Trinajstić information content (AvgIpc) is 3.04. The molecule has 0 bridgehead atoms. The molecule has 3 rings (SSSR count). The summed E-state index contributed by atoms with van der Waals surface area (Å²) in [6, 6.07) is 14.9. The predicted octanol–water partition coefficient (Wildman–Crippen LogP) is 2.68. The SMILES string of the molecule is Cc1ccc(CN2CC(C(=O)Nc3cccc(C(=O)N(C)C)c3)CC2=O)cc1. The molecule has 0 aromatic heterocycles. The van der Waals surface area contributed by atoms with Gasteiger partial charge in [-0.15, -0.1) is 0 Å². The van der Waals surface area contributed by atoms with E-state index in [-0.39, 0.29) is 24.1 Å². The number of amides is 3. The number of anilines is 1. The van der Waals surface area contributed by atoms with E-state index in [1.807, 2.05) is 31.2 Å². The highest BCUT2D eigenvalue weighted by Crippen LogP contribution is 2.22. The van der Waals surface area contributed by atoms with Crippen LogP contribution < -0.4 is 5.32 Å². The first-order chi connectivity index (χ1) is 13.3. The highest BCUT2D eigenvalue weighted by molar-refractivity contribution is 5.99. The molecule has 2 aromatic rings. The number of aryl methyl sites for hydroxylation is 1. The molecular formula is C22H25N3O3. The van der Waals surface area contributed by atoms with Gasteiger partial charge in [0.25, 0.3) is 5.91 Å². The molecule has 1 heterocycles. The van der Waals surface area contributed by atoms with Crippen molar-refractivity contribution in [3.63, 3.8) is 0 Å². The molecule has 6 nitrogen and oxygen atoms in total. The van der Waals surface area contributed by atoms with Crippen molar-refractivity contribution in [3.8, 4) is 0 Å². The zero-order valence-electron chi connectivity index (χ0n) is 16.4. The van der Waals surface area contributed by atoms with Gasteiger partial charge in [-0.25, -0.2) is 0 Å². The van der Waals surface area contributed by atoms with Crippen LogP contribution in [0.4, 0.5) is 5.69 Å². The third-order valence-corrected chi connectivity index (χ3v) is 4.86. The zero-order valence-corrected chi connectivity index (χ0v) is 16.4. The lowest BCUT2D eigenvalue weighted by molar-refractivity contribution is -0.128. The molecule has 0 spiro atoms. The summed E-state index contributed by atoms with van der Waals surface area (Å²) >= 11 is 0. The van der Waals surface area contributed by atoms with Gasteiger partial charge in [-0.2, -0.15) is 0 Å². The Bertz CT molecular complexity index is 890. The summed E-state index contributed by atoms with van der Waals surface area (Å²) in [5, 5.41) is 2.84. The summed E-state index contributed by atoms with van der Waals surface area (Å²) in [6.07, 6.45) is 0.202. The molecule has 2 aromatic carbocycles. The summed E-state index contributed by atoms with van der Waals surface area (Å²) in [7, 11) is 3.36. The maximum atomic E-state index is 12.6. The molecule has 0 aliphatic carbocycles. The highest BCUT2D eigenvalue weighted by atomic mass is 16.2. The monoisotopic (exact) mass is 379 g/mol. The molecule has 0 saturated carbocycles. The van der Waals surface area contributed by atoms with Gasteiger partial charge in [0.05, 0.1) is 5.92 Å². The van der Waals surface area contributed by atoms with E-state index in [0.717, 1.165) is 5.56 Å². The molecule has 0 radical (unpaired) electrons. The maximum Gasteiger partial charge on any atom is 0.253 e. The molecule has 1 N–H and O–H groups in total.